The summed E-state index contributed by atoms with van der Waals surface area (Å²) in [6, 6.07) is 9.57. The number of aromatic amines is 1. The predicted octanol–water partition coefficient (Wildman–Crippen LogP) is 3.62. The number of hydrogen-bond donors (Lipinski definition) is 2. The second kappa shape index (κ2) is 6.70. The van der Waals surface area contributed by atoms with Crippen molar-refractivity contribution in [2.45, 2.75) is 39.0 Å². The number of hydrogen-bond acceptors (Lipinski definition) is 4. The van der Waals surface area contributed by atoms with Gasteiger partial charge in [-0.05, 0) is 24.3 Å². The largest absolute Gasteiger partial charge is 0.448 e. The average Bonchev–Trinajstić information content (AvgIpc) is 3.23. The van der Waals surface area contributed by atoms with Gasteiger partial charge < -0.3 is 24.7 Å². The van der Waals surface area contributed by atoms with Crippen molar-refractivity contribution in [2.24, 2.45) is 0 Å². The first-order chi connectivity index (χ1) is 12.0. The second-order valence-corrected chi connectivity index (χ2v) is 6.43. The number of amides is 1. The zero-order valence-electron chi connectivity index (χ0n) is 15.2. The number of anilines is 1. The van der Waals surface area contributed by atoms with E-state index >= 15 is 0 Å². The normalized spacial score (nSPS) is 14.4. The molecule has 0 atom stereocenters. The third-order valence-electron chi connectivity index (χ3n) is 4.48. The molecule has 0 bridgehead atoms. The van der Waals surface area contributed by atoms with Gasteiger partial charge in [0, 0.05) is 44.4 Å². The van der Waals surface area contributed by atoms with Gasteiger partial charge in [0.1, 0.15) is 5.69 Å². The average molecular weight is 343 g/mol. The Morgan fingerprint density at radius 2 is 1.84 bits per heavy atom. The Hall–Kier alpha value is -2.63. The fourth-order valence-corrected chi connectivity index (χ4v) is 2.85. The van der Waals surface area contributed by atoms with Crippen LogP contribution >= 0.6 is 0 Å². The SMILES string of the molecule is CCC1(CC)Oc2ccc(NCc3ccc(C(=O)N(C)C)[nH]3)cc2O1. The summed E-state index contributed by atoms with van der Waals surface area (Å²) in [4.78, 5) is 16.6. The summed E-state index contributed by atoms with van der Waals surface area (Å²) >= 11 is 0. The molecule has 0 fully saturated rings. The van der Waals surface area contributed by atoms with Crippen LogP contribution in [0.5, 0.6) is 11.5 Å². The minimum absolute atomic E-state index is 0.0372. The molecule has 2 N–H and O–H groups in total. The first kappa shape index (κ1) is 17.2. The van der Waals surface area contributed by atoms with Crippen molar-refractivity contribution in [3.8, 4) is 11.5 Å². The molecule has 2 heterocycles. The number of benzene rings is 1. The summed E-state index contributed by atoms with van der Waals surface area (Å²) in [5.74, 6) is 0.975. The minimum Gasteiger partial charge on any atom is -0.448 e. The van der Waals surface area contributed by atoms with Crippen LogP contribution in [-0.2, 0) is 6.54 Å². The molecule has 1 aliphatic rings. The highest BCUT2D eigenvalue weighted by Gasteiger charge is 2.38. The van der Waals surface area contributed by atoms with E-state index in [4.69, 9.17) is 9.47 Å². The molecule has 0 unspecified atom stereocenters. The molecule has 1 amide bonds. The van der Waals surface area contributed by atoms with Crippen molar-refractivity contribution >= 4 is 11.6 Å². The highest BCUT2D eigenvalue weighted by molar-refractivity contribution is 5.92. The van der Waals surface area contributed by atoms with Gasteiger partial charge in [0.2, 0.25) is 0 Å². The molecule has 1 aromatic heterocycles. The topological polar surface area (TPSA) is 66.6 Å². The quantitative estimate of drug-likeness (QED) is 0.841. The molecule has 0 saturated carbocycles. The summed E-state index contributed by atoms with van der Waals surface area (Å²) in [6.07, 6.45) is 1.60. The summed E-state index contributed by atoms with van der Waals surface area (Å²) in [7, 11) is 3.47. The monoisotopic (exact) mass is 343 g/mol. The smallest absolute Gasteiger partial charge is 0.269 e. The van der Waals surface area contributed by atoms with Gasteiger partial charge in [-0.1, -0.05) is 13.8 Å². The van der Waals surface area contributed by atoms with Crippen molar-refractivity contribution in [3.05, 3.63) is 41.7 Å². The van der Waals surface area contributed by atoms with Crippen molar-refractivity contribution in [1.29, 1.82) is 0 Å². The van der Waals surface area contributed by atoms with Gasteiger partial charge in [0.05, 0.1) is 6.54 Å². The van der Waals surface area contributed by atoms with E-state index in [0.717, 1.165) is 35.7 Å². The van der Waals surface area contributed by atoms with E-state index in [0.29, 0.717) is 12.2 Å². The fourth-order valence-electron chi connectivity index (χ4n) is 2.85. The zero-order valence-corrected chi connectivity index (χ0v) is 15.2. The molecule has 6 heteroatoms. The van der Waals surface area contributed by atoms with Crippen LogP contribution in [0, 0.1) is 0 Å². The van der Waals surface area contributed by atoms with Crippen LogP contribution in [0.25, 0.3) is 0 Å². The lowest BCUT2D eigenvalue weighted by Crippen LogP contribution is -2.36. The van der Waals surface area contributed by atoms with Crippen molar-refractivity contribution in [3.63, 3.8) is 0 Å². The maximum atomic E-state index is 11.9. The number of carbonyl (C=O) groups is 1. The number of aromatic nitrogens is 1. The Morgan fingerprint density at radius 3 is 2.52 bits per heavy atom. The van der Waals surface area contributed by atoms with Crippen LogP contribution < -0.4 is 14.8 Å². The summed E-state index contributed by atoms with van der Waals surface area (Å²) in [6.45, 7) is 4.71. The Balaban J connectivity index is 1.65. The molecule has 6 nitrogen and oxygen atoms in total. The van der Waals surface area contributed by atoms with E-state index in [-0.39, 0.29) is 5.91 Å². The maximum absolute atomic E-state index is 11.9. The number of rotatable bonds is 6. The molecule has 0 saturated heterocycles. The molecule has 3 rings (SSSR count). The van der Waals surface area contributed by atoms with Crippen molar-refractivity contribution in [1.82, 2.24) is 9.88 Å². The molecule has 0 radical (unpaired) electrons. The van der Waals surface area contributed by atoms with Crippen LogP contribution in [0.4, 0.5) is 5.69 Å². The van der Waals surface area contributed by atoms with Crippen LogP contribution in [0.2, 0.25) is 0 Å². The standard InChI is InChI=1S/C19H25N3O3/c1-5-19(6-2)24-16-10-8-13(11-17(16)25-19)20-12-14-7-9-15(21-14)18(23)22(3)4/h7-11,20-21H,5-6,12H2,1-4H3. The first-order valence-electron chi connectivity index (χ1n) is 8.62. The lowest BCUT2D eigenvalue weighted by atomic mass is 10.1. The molecule has 1 aliphatic heterocycles. The van der Waals surface area contributed by atoms with E-state index in [1.165, 1.54) is 0 Å². The minimum atomic E-state index is -0.540. The van der Waals surface area contributed by atoms with Gasteiger partial charge >= 0.3 is 0 Å². The third kappa shape index (κ3) is 3.43. The lowest BCUT2D eigenvalue weighted by Gasteiger charge is -2.24. The number of ether oxygens (including phenoxy) is 2. The zero-order chi connectivity index (χ0) is 18.0. The highest BCUT2D eigenvalue weighted by Crippen LogP contribution is 2.43. The van der Waals surface area contributed by atoms with Gasteiger partial charge in [-0.3, -0.25) is 4.79 Å². The fraction of sp³-hybridized carbons (Fsp3) is 0.421. The van der Waals surface area contributed by atoms with E-state index in [2.05, 4.69) is 24.1 Å². The van der Waals surface area contributed by atoms with Crippen LogP contribution in [0.3, 0.4) is 0 Å². The van der Waals surface area contributed by atoms with Gasteiger partial charge in [0.25, 0.3) is 11.7 Å². The van der Waals surface area contributed by atoms with E-state index < -0.39 is 5.79 Å². The lowest BCUT2D eigenvalue weighted by molar-refractivity contribution is -0.0843. The van der Waals surface area contributed by atoms with Gasteiger partial charge in [-0.15, -0.1) is 0 Å². The van der Waals surface area contributed by atoms with Crippen molar-refractivity contribution in [2.75, 3.05) is 19.4 Å². The number of nitrogens with one attached hydrogen (secondary N) is 2. The number of nitrogens with zero attached hydrogens (tertiary/aromatic N) is 1. The second-order valence-electron chi connectivity index (χ2n) is 6.43. The number of carbonyl (C=O) groups excluding carboxylic acids is 1. The van der Waals surface area contributed by atoms with Gasteiger partial charge in [0.15, 0.2) is 11.5 Å². The first-order valence-corrected chi connectivity index (χ1v) is 8.62. The van der Waals surface area contributed by atoms with Gasteiger partial charge in [-0.25, -0.2) is 0 Å². The van der Waals surface area contributed by atoms with Crippen LogP contribution in [0.15, 0.2) is 30.3 Å². The molecule has 134 valence electrons. The van der Waals surface area contributed by atoms with Crippen LogP contribution in [0.1, 0.15) is 42.9 Å². The van der Waals surface area contributed by atoms with Crippen LogP contribution in [-0.4, -0.2) is 35.7 Å². The highest BCUT2D eigenvalue weighted by atomic mass is 16.7. The molecule has 1 aromatic carbocycles. The Bertz CT molecular complexity index is 763. The molecular formula is C19H25N3O3. The predicted molar refractivity (Wildman–Crippen MR) is 97.1 cm³/mol. The Morgan fingerprint density at radius 1 is 1.12 bits per heavy atom. The number of fused-ring (bicyclic) bond motifs is 1. The molecule has 0 spiro atoms. The van der Waals surface area contributed by atoms with E-state index in [1.54, 1.807) is 25.1 Å². The molecule has 2 aromatic rings. The Labute approximate surface area is 148 Å². The Kier molecular flexibility index (Phi) is 4.61. The third-order valence-corrected chi connectivity index (χ3v) is 4.48. The van der Waals surface area contributed by atoms with E-state index in [1.807, 2.05) is 24.3 Å². The maximum Gasteiger partial charge on any atom is 0.269 e. The summed E-state index contributed by atoms with van der Waals surface area (Å²) in [5.41, 5.74) is 2.47. The number of H-pyrrole nitrogens is 1. The van der Waals surface area contributed by atoms with Crippen molar-refractivity contribution < 1.29 is 14.3 Å². The summed E-state index contributed by atoms with van der Waals surface area (Å²) < 4.78 is 12.0. The van der Waals surface area contributed by atoms with E-state index in [9.17, 15) is 4.79 Å². The molecular weight excluding hydrogens is 318 g/mol. The summed E-state index contributed by atoms with van der Waals surface area (Å²) in [5, 5.41) is 3.34. The van der Waals surface area contributed by atoms with Gasteiger partial charge in [-0.2, -0.15) is 0 Å². The molecule has 25 heavy (non-hydrogen) atoms. The molecule has 0 aliphatic carbocycles.